The van der Waals surface area contributed by atoms with Crippen molar-refractivity contribution in [1.29, 1.82) is 0 Å². The summed E-state index contributed by atoms with van der Waals surface area (Å²) in [6.45, 7) is 1.86. The van der Waals surface area contributed by atoms with E-state index in [4.69, 9.17) is 9.52 Å². The topological polar surface area (TPSA) is 96.6 Å². The zero-order valence-electron chi connectivity index (χ0n) is 11.1. The number of allylic oxidation sites excluding steroid dienone is 1. The first-order valence-electron chi connectivity index (χ1n) is 6.43. The average molecular weight is 299 g/mol. The van der Waals surface area contributed by atoms with Gasteiger partial charge in [-0.25, -0.2) is 13.1 Å². The van der Waals surface area contributed by atoms with Crippen LogP contribution in [0.5, 0.6) is 0 Å². The molecule has 0 aromatic carbocycles. The van der Waals surface area contributed by atoms with Crippen LogP contribution in [0.15, 0.2) is 33.8 Å². The van der Waals surface area contributed by atoms with E-state index in [0.717, 1.165) is 0 Å². The van der Waals surface area contributed by atoms with E-state index in [1.807, 2.05) is 6.92 Å². The zero-order chi connectivity index (χ0) is 14.8. The van der Waals surface area contributed by atoms with Crippen LogP contribution in [0.3, 0.4) is 0 Å². The maximum atomic E-state index is 12.2. The lowest BCUT2D eigenvalue weighted by Crippen LogP contribution is -2.43. The van der Waals surface area contributed by atoms with Crippen molar-refractivity contribution in [1.82, 2.24) is 4.72 Å². The zero-order valence-corrected chi connectivity index (χ0v) is 11.9. The molecule has 110 valence electrons. The fourth-order valence-corrected chi connectivity index (χ4v) is 3.41. The summed E-state index contributed by atoms with van der Waals surface area (Å²) < 4.78 is 32.0. The molecular weight excluding hydrogens is 282 g/mol. The van der Waals surface area contributed by atoms with Gasteiger partial charge in [0.05, 0.1) is 5.92 Å². The Hall–Kier alpha value is -1.60. The maximum Gasteiger partial charge on any atom is 0.308 e. The van der Waals surface area contributed by atoms with Crippen molar-refractivity contribution in [3.05, 3.63) is 30.0 Å². The summed E-state index contributed by atoms with van der Waals surface area (Å²) in [4.78, 5) is 11.1. The molecule has 1 aromatic heterocycles. The number of hydrogen-bond acceptors (Lipinski definition) is 4. The normalized spacial score (nSPS) is 22.9. The average Bonchev–Trinajstić information content (AvgIpc) is 2.88. The molecule has 0 aliphatic heterocycles. The molecule has 6 nitrogen and oxygen atoms in total. The van der Waals surface area contributed by atoms with Gasteiger partial charge in [-0.1, -0.05) is 19.1 Å². The number of furan rings is 1. The third kappa shape index (κ3) is 3.10. The van der Waals surface area contributed by atoms with Crippen molar-refractivity contribution in [2.75, 3.05) is 0 Å². The van der Waals surface area contributed by atoms with Gasteiger partial charge in [-0.05, 0) is 25.0 Å². The molecule has 2 atom stereocenters. The van der Waals surface area contributed by atoms with Crippen LogP contribution in [0.4, 0.5) is 0 Å². The predicted molar refractivity (Wildman–Crippen MR) is 71.7 cm³/mol. The molecule has 0 radical (unpaired) electrons. The lowest BCUT2D eigenvalue weighted by Gasteiger charge is -2.25. The van der Waals surface area contributed by atoms with Crippen LogP contribution in [-0.4, -0.2) is 25.5 Å². The highest BCUT2D eigenvalue weighted by Crippen LogP contribution is 2.22. The molecule has 1 aromatic rings. The Bertz CT molecular complexity index is 616. The van der Waals surface area contributed by atoms with Gasteiger partial charge < -0.3 is 9.52 Å². The van der Waals surface area contributed by atoms with E-state index in [-0.39, 0.29) is 5.09 Å². The Labute approximate surface area is 117 Å². The first-order valence-corrected chi connectivity index (χ1v) is 7.91. The van der Waals surface area contributed by atoms with E-state index in [2.05, 4.69) is 4.72 Å². The largest absolute Gasteiger partial charge is 0.481 e. The highest BCUT2D eigenvalue weighted by Gasteiger charge is 2.33. The fraction of sp³-hybridized carbons (Fsp3) is 0.462. The van der Waals surface area contributed by atoms with Crippen molar-refractivity contribution in [2.24, 2.45) is 5.92 Å². The van der Waals surface area contributed by atoms with Gasteiger partial charge in [-0.15, -0.1) is 0 Å². The van der Waals surface area contributed by atoms with Crippen LogP contribution >= 0.6 is 0 Å². The van der Waals surface area contributed by atoms with Gasteiger partial charge in [0, 0.05) is 12.5 Å². The quantitative estimate of drug-likeness (QED) is 0.804. The third-order valence-corrected chi connectivity index (χ3v) is 4.67. The Balaban J connectivity index is 2.18. The van der Waals surface area contributed by atoms with Crippen LogP contribution in [0, 0.1) is 5.92 Å². The monoisotopic (exact) mass is 299 g/mol. The molecule has 0 saturated heterocycles. The van der Waals surface area contributed by atoms with Crippen LogP contribution in [-0.2, 0) is 21.2 Å². The van der Waals surface area contributed by atoms with Gasteiger partial charge in [-0.3, -0.25) is 4.79 Å². The number of hydrogen-bond donors (Lipinski definition) is 2. The van der Waals surface area contributed by atoms with Gasteiger partial charge >= 0.3 is 5.97 Å². The summed E-state index contributed by atoms with van der Waals surface area (Å²) in [6.07, 6.45) is 4.82. The minimum Gasteiger partial charge on any atom is -0.481 e. The number of aliphatic carboxylic acids is 1. The molecule has 0 saturated carbocycles. The summed E-state index contributed by atoms with van der Waals surface area (Å²) in [5.74, 6) is -1.19. The molecule has 0 unspecified atom stereocenters. The molecule has 0 bridgehead atoms. The van der Waals surface area contributed by atoms with E-state index < -0.39 is 28.0 Å². The molecule has 1 heterocycles. The van der Waals surface area contributed by atoms with Gasteiger partial charge in [0.1, 0.15) is 5.76 Å². The molecule has 1 aliphatic carbocycles. The first kappa shape index (κ1) is 14.8. The van der Waals surface area contributed by atoms with Crippen LogP contribution < -0.4 is 4.72 Å². The van der Waals surface area contributed by atoms with Crippen molar-refractivity contribution in [3.63, 3.8) is 0 Å². The molecular formula is C13H17NO5S. The van der Waals surface area contributed by atoms with E-state index in [1.165, 1.54) is 6.07 Å². The number of sulfonamides is 1. The number of carboxylic acids is 1. The lowest BCUT2D eigenvalue weighted by molar-refractivity contribution is -0.142. The predicted octanol–water partition coefficient (Wildman–Crippen LogP) is 1.54. The molecule has 0 fully saturated rings. The molecule has 0 amide bonds. The van der Waals surface area contributed by atoms with Gasteiger partial charge in [0.2, 0.25) is 5.09 Å². The van der Waals surface area contributed by atoms with E-state index in [0.29, 0.717) is 25.0 Å². The van der Waals surface area contributed by atoms with E-state index in [1.54, 1.807) is 18.2 Å². The van der Waals surface area contributed by atoms with Gasteiger partial charge in [0.15, 0.2) is 0 Å². The number of nitrogens with one attached hydrogen (secondary N) is 1. The summed E-state index contributed by atoms with van der Waals surface area (Å²) in [7, 11) is -3.83. The first-order chi connectivity index (χ1) is 9.44. The number of aryl methyl sites for hydroxylation is 1. The molecule has 2 N–H and O–H groups in total. The molecule has 1 aliphatic rings. The van der Waals surface area contributed by atoms with E-state index in [9.17, 15) is 13.2 Å². The summed E-state index contributed by atoms with van der Waals surface area (Å²) in [5.41, 5.74) is 0. The summed E-state index contributed by atoms with van der Waals surface area (Å²) in [5, 5.41) is 8.95. The third-order valence-electron chi connectivity index (χ3n) is 3.31. The highest BCUT2D eigenvalue weighted by atomic mass is 32.2. The maximum absolute atomic E-state index is 12.2. The Morgan fingerprint density at radius 3 is 2.70 bits per heavy atom. The number of rotatable bonds is 5. The second-order valence-electron chi connectivity index (χ2n) is 4.69. The molecule has 7 heteroatoms. The molecule has 20 heavy (non-hydrogen) atoms. The standard InChI is InChI=1S/C13H17NO5S/c1-2-9-7-8-12(19-9)20(17,18)14-11-6-4-3-5-10(11)13(15)16/h3-4,7-8,10-11,14H,2,5-6H2,1H3,(H,15,16)/t10-,11+/m0/s1. The second kappa shape index (κ2) is 5.80. The second-order valence-corrected chi connectivity index (χ2v) is 6.33. The van der Waals surface area contributed by atoms with Crippen LogP contribution in [0.25, 0.3) is 0 Å². The SMILES string of the molecule is CCc1ccc(S(=O)(=O)N[C@@H]2CC=CC[C@@H]2C(=O)O)o1. The molecule has 2 rings (SSSR count). The molecule has 0 spiro atoms. The minimum atomic E-state index is -3.83. The highest BCUT2D eigenvalue weighted by molar-refractivity contribution is 7.89. The van der Waals surface area contributed by atoms with Gasteiger partial charge in [-0.2, -0.15) is 0 Å². The summed E-state index contributed by atoms with van der Waals surface area (Å²) in [6, 6.07) is 2.33. The van der Waals surface area contributed by atoms with Crippen LogP contribution in [0.1, 0.15) is 25.5 Å². The van der Waals surface area contributed by atoms with E-state index >= 15 is 0 Å². The fourth-order valence-electron chi connectivity index (χ4n) is 2.17. The Morgan fingerprint density at radius 2 is 2.10 bits per heavy atom. The Morgan fingerprint density at radius 1 is 1.40 bits per heavy atom. The van der Waals surface area contributed by atoms with Gasteiger partial charge in [0.25, 0.3) is 10.0 Å². The minimum absolute atomic E-state index is 0.173. The number of carboxylic acid groups (broad SMARTS) is 1. The van der Waals surface area contributed by atoms with Crippen LogP contribution in [0.2, 0.25) is 0 Å². The van der Waals surface area contributed by atoms with Crippen molar-refractivity contribution >= 4 is 16.0 Å². The lowest BCUT2D eigenvalue weighted by atomic mass is 9.90. The van der Waals surface area contributed by atoms with Crippen molar-refractivity contribution in [2.45, 2.75) is 37.3 Å². The summed E-state index contributed by atoms with van der Waals surface area (Å²) >= 11 is 0. The van der Waals surface area contributed by atoms with Crippen molar-refractivity contribution in [3.8, 4) is 0 Å². The number of carbonyl (C=O) groups is 1. The van der Waals surface area contributed by atoms with Crippen molar-refractivity contribution < 1.29 is 22.7 Å². The Kier molecular flexibility index (Phi) is 4.29. The smallest absolute Gasteiger partial charge is 0.308 e.